The molecule has 0 radical (unpaired) electrons. The predicted octanol–water partition coefficient (Wildman–Crippen LogP) is 1.11. The molecule has 1 fully saturated rings. The summed E-state index contributed by atoms with van der Waals surface area (Å²) >= 11 is 0. The van der Waals surface area contributed by atoms with Crippen molar-refractivity contribution in [3.8, 4) is 5.88 Å². The molecule has 2 heterocycles. The van der Waals surface area contributed by atoms with Crippen LogP contribution in [-0.2, 0) is 0 Å². The Hall–Kier alpha value is -1.36. The van der Waals surface area contributed by atoms with E-state index in [1.807, 2.05) is 13.0 Å². The van der Waals surface area contributed by atoms with E-state index >= 15 is 0 Å². The van der Waals surface area contributed by atoms with Crippen LogP contribution in [0.4, 0.5) is 5.95 Å². The Morgan fingerprint density at radius 2 is 2.18 bits per heavy atom. The lowest BCUT2D eigenvalue weighted by molar-refractivity contribution is 0.302. The summed E-state index contributed by atoms with van der Waals surface area (Å²) in [5.74, 6) is 1.33. The fourth-order valence-electron chi connectivity index (χ4n) is 2.28. The molecule has 0 bridgehead atoms. The van der Waals surface area contributed by atoms with Gasteiger partial charge in [-0.05, 0) is 13.3 Å². The molecule has 1 saturated heterocycles. The predicted molar refractivity (Wildman–Crippen MR) is 67.4 cm³/mol. The van der Waals surface area contributed by atoms with Gasteiger partial charge < -0.3 is 15.4 Å². The van der Waals surface area contributed by atoms with E-state index in [4.69, 9.17) is 10.5 Å². The molecule has 1 aromatic rings. The minimum absolute atomic E-state index is 0.0604. The molecule has 0 aliphatic carbocycles. The van der Waals surface area contributed by atoms with E-state index in [1.54, 1.807) is 7.11 Å². The standard InChI is InChI=1S/C12H20N4O/c1-4-5-12(13)7-16(8-12)11-14-9(2)6-10(15-11)17-3/h6H,4-5,7-8,13H2,1-3H3. The summed E-state index contributed by atoms with van der Waals surface area (Å²) in [5, 5.41) is 0. The van der Waals surface area contributed by atoms with E-state index in [2.05, 4.69) is 21.8 Å². The van der Waals surface area contributed by atoms with Gasteiger partial charge in [0, 0.05) is 24.8 Å². The molecule has 0 atom stereocenters. The molecule has 5 nitrogen and oxygen atoms in total. The van der Waals surface area contributed by atoms with Crippen molar-refractivity contribution < 1.29 is 4.74 Å². The van der Waals surface area contributed by atoms with Gasteiger partial charge in [-0.25, -0.2) is 4.98 Å². The highest BCUT2D eigenvalue weighted by molar-refractivity contribution is 5.40. The third kappa shape index (κ3) is 2.49. The molecule has 94 valence electrons. The number of anilines is 1. The fourth-order valence-corrected chi connectivity index (χ4v) is 2.28. The monoisotopic (exact) mass is 236 g/mol. The van der Waals surface area contributed by atoms with Gasteiger partial charge in [0.15, 0.2) is 0 Å². The molecule has 0 aromatic carbocycles. The van der Waals surface area contributed by atoms with Crippen LogP contribution in [0.15, 0.2) is 6.07 Å². The minimum Gasteiger partial charge on any atom is -0.481 e. The first kappa shape index (κ1) is 12.1. The van der Waals surface area contributed by atoms with Crippen LogP contribution >= 0.6 is 0 Å². The Balaban J connectivity index is 2.08. The normalized spacial score (nSPS) is 17.8. The van der Waals surface area contributed by atoms with Gasteiger partial charge in [-0.1, -0.05) is 13.3 Å². The number of ether oxygens (including phenoxy) is 1. The number of methoxy groups -OCH3 is 1. The second-order valence-corrected chi connectivity index (χ2v) is 4.82. The van der Waals surface area contributed by atoms with Crippen molar-refractivity contribution >= 4 is 5.95 Å². The lowest BCUT2D eigenvalue weighted by atomic mass is 9.87. The van der Waals surface area contributed by atoms with Gasteiger partial charge in [-0.15, -0.1) is 0 Å². The van der Waals surface area contributed by atoms with Crippen LogP contribution in [0.1, 0.15) is 25.5 Å². The Bertz CT molecular complexity index is 401. The smallest absolute Gasteiger partial charge is 0.228 e. The molecule has 1 aliphatic rings. The highest BCUT2D eigenvalue weighted by Gasteiger charge is 2.39. The summed E-state index contributed by atoms with van der Waals surface area (Å²) in [5.41, 5.74) is 7.07. The van der Waals surface area contributed by atoms with Gasteiger partial charge in [-0.2, -0.15) is 4.98 Å². The van der Waals surface area contributed by atoms with Gasteiger partial charge in [-0.3, -0.25) is 0 Å². The molecular weight excluding hydrogens is 216 g/mol. The molecule has 0 spiro atoms. The van der Waals surface area contributed by atoms with Crippen molar-refractivity contribution in [2.75, 3.05) is 25.1 Å². The van der Waals surface area contributed by atoms with Crippen molar-refractivity contribution in [3.63, 3.8) is 0 Å². The van der Waals surface area contributed by atoms with E-state index < -0.39 is 0 Å². The van der Waals surface area contributed by atoms with Crippen LogP contribution in [0.25, 0.3) is 0 Å². The molecule has 1 aromatic heterocycles. The molecular formula is C12H20N4O. The molecule has 2 rings (SSSR count). The van der Waals surface area contributed by atoms with E-state index in [0.29, 0.717) is 5.88 Å². The van der Waals surface area contributed by atoms with Gasteiger partial charge in [0.2, 0.25) is 11.8 Å². The number of hydrogen-bond acceptors (Lipinski definition) is 5. The first-order valence-electron chi connectivity index (χ1n) is 6.00. The molecule has 5 heteroatoms. The van der Waals surface area contributed by atoms with E-state index in [9.17, 15) is 0 Å². The van der Waals surface area contributed by atoms with Crippen LogP contribution < -0.4 is 15.4 Å². The van der Waals surface area contributed by atoms with Gasteiger partial charge in [0.05, 0.1) is 12.6 Å². The lowest BCUT2D eigenvalue weighted by Crippen LogP contribution is -2.67. The Morgan fingerprint density at radius 1 is 1.47 bits per heavy atom. The van der Waals surface area contributed by atoms with Gasteiger partial charge in [0.25, 0.3) is 0 Å². The molecule has 0 amide bonds. The molecule has 17 heavy (non-hydrogen) atoms. The molecule has 2 N–H and O–H groups in total. The van der Waals surface area contributed by atoms with Crippen LogP contribution in [0.2, 0.25) is 0 Å². The van der Waals surface area contributed by atoms with Crippen LogP contribution in [-0.4, -0.2) is 35.7 Å². The average Bonchev–Trinajstić information content (AvgIpc) is 2.25. The Kier molecular flexibility index (Phi) is 3.19. The zero-order chi connectivity index (χ0) is 12.5. The van der Waals surface area contributed by atoms with Crippen molar-refractivity contribution in [1.82, 2.24) is 9.97 Å². The summed E-state index contributed by atoms with van der Waals surface area (Å²) in [6, 6.07) is 1.82. The summed E-state index contributed by atoms with van der Waals surface area (Å²) in [7, 11) is 1.62. The topological polar surface area (TPSA) is 64.3 Å². The summed E-state index contributed by atoms with van der Waals surface area (Å²) in [6.07, 6.45) is 2.16. The highest BCUT2D eigenvalue weighted by Crippen LogP contribution is 2.27. The van der Waals surface area contributed by atoms with Crippen LogP contribution in [0, 0.1) is 6.92 Å². The van der Waals surface area contributed by atoms with Crippen molar-refractivity contribution in [1.29, 1.82) is 0 Å². The SMILES string of the molecule is CCCC1(N)CN(c2nc(C)cc(OC)n2)C1. The molecule has 1 aliphatic heterocycles. The van der Waals surface area contributed by atoms with Crippen LogP contribution in [0.3, 0.4) is 0 Å². The van der Waals surface area contributed by atoms with Crippen molar-refractivity contribution in [2.24, 2.45) is 5.73 Å². The number of aromatic nitrogens is 2. The second-order valence-electron chi connectivity index (χ2n) is 4.82. The van der Waals surface area contributed by atoms with Crippen LogP contribution in [0.5, 0.6) is 5.88 Å². The first-order chi connectivity index (χ1) is 8.06. The Morgan fingerprint density at radius 3 is 2.76 bits per heavy atom. The summed E-state index contributed by atoms with van der Waals surface area (Å²) in [4.78, 5) is 10.8. The number of hydrogen-bond donors (Lipinski definition) is 1. The average molecular weight is 236 g/mol. The summed E-state index contributed by atoms with van der Waals surface area (Å²) in [6.45, 7) is 5.75. The van der Waals surface area contributed by atoms with Crippen molar-refractivity contribution in [3.05, 3.63) is 11.8 Å². The lowest BCUT2D eigenvalue weighted by Gasteiger charge is -2.47. The largest absolute Gasteiger partial charge is 0.481 e. The van der Waals surface area contributed by atoms with E-state index in [-0.39, 0.29) is 5.54 Å². The zero-order valence-electron chi connectivity index (χ0n) is 10.7. The van der Waals surface area contributed by atoms with Crippen molar-refractivity contribution in [2.45, 2.75) is 32.2 Å². The molecule has 0 saturated carbocycles. The minimum atomic E-state index is -0.0604. The maximum Gasteiger partial charge on any atom is 0.228 e. The second kappa shape index (κ2) is 4.49. The number of nitrogens with two attached hydrogens (primary N) is 1. The van der Waals surface area contributed by atoms with E-state index in [0.717, 1.165) is 37.6 Å². The van der Waals surface area contributed by atoms with Gasteiger partial charge in [0.1, 0.15) is 0 Å². The highest BCUT2D eigenvalue weighted by atomic mass is 16.5. The number of aryl methyl sites for hydroxylation is 1. The summed E-state index contributed by atoms with van der Waals surface area (Å²) < 4.78 is 5.14. The van der Waals surface area contributed by atoms with E-state index in [1.165, 1.54) is 0 Å². The first-order valence-corrected chi connectivity index (χ1v) is 6.00. The van der Waals surface area contributed by atoms with Gasteiger partial charge >= 0.3 is 0 Å². The fraction of sp³-hybridized carbons (Fsp3) is 0.667. The Labute approximate surface area is 102 Å². The molecule has 0 unspecified atom stereocenters. The third-order valence-electron chi connectivity index (χ3n) is 3.07. The third-order valence-corrected chi connectivity index (χ3v) is 3.07. The maximum absolute atomic E-state index is 6.22. The quantitative estimate of drug-likeness (QED) is 0.848. The maximum atomic E-state index is 6.22. The number of nitrogens with zero attached hydrogens (tertiary/aromatic N) is 3. The number of rotatable bonds is 4. The zero-order valence-corrected chi connectivity index (χ0v) is 10.7.